The summed E-state index contributed by atoms with van der Waals surface area (Å²) in [6.45, 7) is 1.83. The summed E-state index contributed by atoms with van der Waals surface area (Å²) in [5.41, 5.74) is 7.20. The maximum Gasteiger partial charge on any atom is 0.248 e. The van der Waals surface area contributed by atoms with Crippen LogP contribution in [-0.4, -0.2) is 36.8 Å². The second-order valence-electron chi connectivity index (χ2n) is 6.83. The Labute approximate surface area is 171 Å². The summed E-state index contributed by atoms with van der Waals surface area (Å²) >= 11 is 1.38. The number of hydrogen-bond donors (Lipinski definition) is 2. The number of thioether (sulfide) groups is 1. The number of pyridine rings is 1. The van der Waals surface area contributed by atoms with E-state index in [-0.39, 0.29) is 11.2 Å². The lowest BCUT2D eigenvalue weighted by Gasteiger charge is -2.13. The molecule has 1 aliphatic rings. The first-order valence-corrected chi connectivity index (χ1v) is 10.1. The van der Waals surface area contributed by atoms with Crippen LogP contribution in [0.15, 0.2) is 53.9 Å². The molecule has 1 aliphatic carbocycles. The number of benzene rings is 1. The predicted molar refractivity (Wildman–Crippen MR) is 110 cm³/mol. The van der Waals surface area contributed by atoms with Gasteiger partial charge in [-0.3, -0.25) is 19.1 Å². The van der Waals surface area contributed by atoms with Gasteiger partial charge in [-0.2, -0.15) is 0 Å². The minimum Gasteiger partial charge on any atom is -0.366 e. The molecule has 148 valence electrons. The van der Waals surface area contributed by atoms with Crippen molar-refractivity contribution in [3.63, 3.8) is 0 Å². The molecule has 2 amide bonds. The zero-order chi connectivity index (χ0) is 20.4. The van der Waals surface area contributed by atoms with E-state index in [0.29, 0.717) is 17.3 Å². The quantitative estimate of drug-likeness (QED) is 0.581. The molecule has 0 radical (unpaired) electrons. The highest BCUT2D eigenvalue weighted by molar-refractivity contribution is 8.00. The van der Waals surface area contributed by atoms with Crippen LogP contribution in [0.2, 0.25) is 0 Å². The van der Waals surface area contributed by atoms with Gasteiger partial charge in [0.15, 0.2) is 11.0 Å². The number of nitrogens with one attached hydrogen (secondary N) is 1. The molecule has 1 atom stereocenters. The van der Waals surface area contributed by atoms with Crippen molar-refractivity contribution in [3.05, 3.63) is 54.4 Å². The van der Waals surface area contributed by atoms with Gasteiger partial charge in [-0.05, 0) is 56.2 Å². The van der Waals surface area contributed by atoms with Crippen LogP contribution in [0.1, 0.15) is 36.2 Å². The molecule has 29 heavy (non-hydrogen) atoms. The molecule has 0 aliphatic heterocycles. The zero-order valence-corrected chi connectivity index (χ0v) is 16.6. The summed E-state index contributed by atoms with van der Waals surface area (Å²) in [6, 6.07) is 10.7. The predicted octanol–water partition coefficient (Wildman–Crippen LogP) is 2.89. The molecule has 0 bridgehead atoms. The Bertz CT molecular complexity index is 1030. The number of carbonyl (C=O) groups excluding carboxylic acids is 2. The van der Waals surface area contributed by atoms with E-state index in [1.807, 2.05) is 19.1 Å². The fourth-order valence-electron chi connectivity index (χ4n) is 2.89. The van der Waals surface area contributed by atoms with Crippen molar-refractivity contribution >= 4 is 29.3 Å². The van der Waals surface area contributed by atoms with E-state index in [9.17, 15) is 9.59 Å². The first-order valence-electron chi connectivity index (χ1n) is 9.25. The molecular formula is C20H20N6O2S. The molecule has 9 heteroatoms. The highest BCUT2D eigenvalue weighted by Crippen LogP contribution is 2.41. The van der Waals surface area contributed by atoms with Crippen LogP contribution in [-0.2, 0) is 4.79 Å². The molecule has 2 heterocycles. The van der Waals surface area contributed by atoms with Crippen LogP contribution in [0, 0.1) is 0 Å². The summed E-state index contributed by atoms with van der Waals surface area (Å²) in [7, 11) is 0. The van der Waals surface area contributed by atoms with Gasteiger partial charge in [0.05, 0.1) is 5.25 Å². The lowest BCUT2D eigenvalue weighted by Crippen LogP contribution is -2.23. The summed E-state index contributed by atoms with van der Waals surface area (Å²) in [4.78, 5) is 27.8. The Morgan fingerprint density at radius 1 is 1.14 bits per heavy atom. The number of anilines is 1. The molecular weight excluding hydrogens is 388 g/mol. The third-order valence-corrected chi connectivity index (χ3v) is 5.66. The highest BCUT2D eigenvalue weighted by atomic mass is 32.2. The van der Waals surface area contributed by atoms with Crippen LogP contribution in [0.25, 0.3) is 11.4 Å². The monoisotopic (exact) mass is 408 g/mol. The van der Waals surface area contributed by atoms with Gasteiger partial charge in [0.25, 0.3) is 0 Å². The highest BCUT2D eigenvalue weighted by Gasteiger charge is 2.31. The van der Waals surface area contributed by atoms with Gasteiger partial charge in [-0.1, -0.05) is 11.8 Å². The number of nitrogens with zero attached hydrogens (tertiary/aromatic N) is 4. The van der Waals surface area contributed by atoms with Crippen LogP contribution in [0.3, 0.4) is 0 Å². The average molecular weight is 408 g/mol. The standard InChI is InChI=1S/C20H20N6O2S/c1-12(19(28)23-15-4-2-13(3-5-15)17(21)27)29-20-25-24-18(26(20)16-6-7-16)14-8-10-22-11-9-14/h2-5,8-12,16H,6-7H2,1H3,(H2,21,27)(H,23,28)/t12-/m1/s1. The lowest BCUT2D eigenvalue weighted by atomic mass is 10.2. The van der Waals surface area contributed by atoms with Gasteiger partial charge < -0.3 is 11.1 Å². The van der Waals surface area contributed by atoms with E-state index in [1.165, 1.54) is 11.8 Å². The minimum atomic E-state index is -0.504. The van der Waals surface area contributed by atoms with E-state index in [1.54, 1.807) is 36.7 Å². The van der Waals surface area contributed by atoms with E-state index in [0.717, 1.165) is 29.4 Å². The fourth-order valence-corrected chi connectivity index (χ4v) is 3.81. The van der Waals surface area contributed by atoms with Gasteiger partial charge >= 0.3 is 0 Å². The number of carbonyl (C=O) groups is 2. The molecule has 0 unspecified atom stereocenters. The van der Waals surface area contributed by atoms with Crippen molar-refractivity contribution in [2.45, 2.75) is 36.2 Å². The first-order chi connectivity index (χ1) is 14.0. The van der Waals surface area contributed by atoms with Crippen molar-refractivity contribution in [1.29, 1.82) is 0 Å². The largest absolute Gasteiger partial charge is 0.366 e. The van der Waals surface area contributed by atoms with E-state index >= 15 is 0 Å². The minimum absolute atomic E-state index is 0.155. The van der Waals surface area contributed by atoms with Gasteiger partial charge in [0, 0.05) is 35.2 Å². The van der Waals surface area contributed by atoms with Crippen LogP contribution in [0.5, 0.6) is 0 Å². The summed E-state index contributed by atoms with van der Waals surface area (Å²) < 4.78 is 2.12. The number of hydrogen-bond acceptors (Lipinski definition) is 6. The number of amides is 2. The first kappa shape index (κ1) is 19.1. The number of aromatic nitrogens is 4. The molecule has 4 rings (SSSR count). The zero-order valence-electron chi connectivity index (χ0n) is 15.8. The molecule has 1 aromatic carbocycles. The topological polar surface area (TPSA) is 116 Å². The SMILES string of the molecule is C[C@@H](Sc1nnc(-c2ccncc2)n1C1CC1)C(=O)Nc1ccc(C(N)=O)cc1. The fraction of sp³-hybridized carbons (Fsp3) is 0.250. The van der Waals surface area contributed by atoms with Crippen LogP contribution in [0.4, 0.5) is 5.69 Å². The van der Waals surface area contributed by atoms with Crippen LogP contribution >= 0.6 is 11.8 Å². The molecule has 3 N–H and O–H groups in total. The van der Waals surface area contributed by atoms with Gasteiger partial charge in [0.2, 0.25) is 11.8 Å². The Kier molecular flexibility index (Phi) is 5.30. The van der Waals surface area contributed by atoms with Gasteiger partial charge in [0.1, 0.15) is 0 Å². The molecule has 0 spiro atoms. The third kappa shape index (κ3) is 4.29. The van der Waals surface area contributed by atoms with Crippen LogP contribution < -0.4 is 11.1 Å². The molecule has 0 saturated heterocycles. The Balaban J connectivity index is 1.48. The Morgan fingerprint density at radius 2 is 1.83 bits per heavy atom. The van der Waals surface area contributed by atoms with Gasteiger partial charge in [-0.15, -0.1) is 10.2 Å². The average Bonchev–Trinajstić information content (AvgIpc) is 3.49. The molecule has 3 aromatic rings. The van der Waals surface area contributed by atoms with Crippen molar-refractivity contribution < 1.29 is 9.59 Å². The molecule has 2 aromatic heterocycles. The second-order valence-corrected chi connectivity index (χ2v) is 8.14. The van der Waals surface area contributed by atoms with Crippen molar-refractivity contribution in [3.8, 4) is 11.4 Å². The normalized spacial score (nSPS) is 14.4. The van der Waals surface area contributed by atoms with Gasteiger partial charge in [-0.25, -0.2) is 0 Å². The van der Waals surface area contributed by atoms with Crippen molar-refractivity contribution in [2.24, 2.45) is 5.73 Å². The van der Waals surface area contributed by atoms with Crippen molar-refractivity contribution in [2.75, 3.05) is 5.32 Å². The summed E-state index contributed by atoms with van der Waals surface area (Å²) in [5, 5.41) is 11.9. The maximum atomic E-state index is 12.6. The lowest BCUT2D eigenvalue weighted by molar-refractivity contribution is -0.115. The molecule has 8 nitrogen and oxygen atoms in total. The third-order valence-electron chi connectivity index (χ3n) is 4.60. The smallest absolute Gasteiger partial charge is 0.248 e. The second kappa shape index (κ2) is 8.04. The molecule has 1 saturated carbocycles. The number of primary amides is 1. The number of nitrogens with two attached hydrogens (primary N) is 1. The van der Waals surface area contributed by atoms with E-state index in [2.05, 4.69) is 25.1 Å². The molecule has 1 fully saturated rings. The summed E-state index contributed by atoms with van der Waals surface area (Å²) in [6.07, 6.45) is 5.62. The Morgan fingerprint density at radius 3 is 2.45 bits per heavy atom. The Hall–Kier alpha value is -3.20. The van der Waals surface area contributed by atoms with E-state index in [4.69, 9.17) is 5.73 Å². The maximum absolute atomic E-state index is 12.6. The number of rotatable bonds is 7. The van der Waals surface area contributed by atoms with Crippen molar-refractivity contribution in [1.82, 2.24) is 19.7 Å². The summed E-state index contributed by atoms with van der Waals surface area (Å²) in [5.74, 6) is 0.140. The van der Waals surface area contributed by atoms with E-state index < -0.39 is 5.91 Å².